The van der Waals surface area contributed by atoms with Crippen LogP contribution < -0.4 is 10.6 Å². The number of aliphatic hydroxyl groups excluding tert-OH is 1. The van der Waals surface area contributed by atoms with Crippen molar-refractivity contribution in [3.05, 3.63) is 0 Å². The minimum Gasteiger partial charge on any atom is -0.481 e. The van der Waals surface area contributed by atoms with Gasteiger partial charge in [0.05, 0.1) is 6.61 Å². The van der Waals surface area contributed by atoms with Crippen LogP contribution in [0.15, 0.2) is 0 Å². The molecule has 0 spiro atoms. The fraction of sp³-hybridized carbons (Fsp3) is 0.917. The molecule has 0 unspecified atom stereocenters. The van der Waals surface area contributed by atoms with Gasteiger partial charge in [-0.25, -0.2) is 0 Å². The number of amides is 1. The van der Waals surface area contributed by atoms with E-state index in [4.69, 9.17) is 15.0 Å². The summed E-state index contributed by atoms with van der Waals surface area (Å²) in [6.07, 6.45) is 20.9. The minimum atomic E-state index is -0.833. The van der Waals surface area contributed by atoms with Crippen LogP contribution in [0.3, 0.4) is 0 Å². The van der Waals surface area contributed by atoms with Gasteiger partial charge in [0.1, 0.15) is 0 Å². The van der Waals surface area contributed by atoms with Crippen LogP contribution in [0.5, 0.6) is 0 Å². The van der Waals surface area contributed by atoms with E-state index in [-0.39, 0.29) is 12.5 Å². The van der Waals surface area contributed by atoms with Gasteiger partial charge in [0.2, 0.25) is 5.91 Å². The molecule has 0 aromatic heterocycles. The van der Waals surface area contributed by atoms with Crippen LogP contribution in [-0.4, -0.2) is 48.3 Å². The Labute approximate surface area is 185 Å². The van der Waals surface area contributed by atoms with E-state index in [2.05, 4.69) is 17.6 Å². The van der Waals surface area contributed by atoms with Gasteiger partial charge in [-0.15, -0.1) is 0 Å². The summed E-state index contributed by atoms with van der Waals surface area (Å²) >= 11 is 0. The normalized spacial score (nSPS) is 10.4. The van der Waals surface area contributed by atoms with Gasteiger partial charge in [-0.3, -0.25) is 9.59 Å². The number of aliphatic hydroxyl groups is 1. The second-order valence-corrected chi connectivity index (χ2v) is 8.04. The first-order valence-corrected chi connectivity index (χ1v) is 12.3. The molecule has 0 atom stereocenters. The second kappa shape index (κ2) is 27.9. The van der Waals surface area contributed by atoms with Crippen LogP contribution in [0.1, 0.15) is 117 Å². The van der Waals surface area contributed by atoms with Gasteiger partial charge in [-0.1, -0.05) is 96.8 Å². The molecule has 180 valence electrons. The highest BCUT2D eigenvalue weighted by atomic mass is 16.4. The Kier molecular flexibility index (Phi) is 28.8. The lowest BCUT2D eigenvalue weighted by atomic mass is 10.0. The molecule has 0 rings (SSSR count). The van der Waals surface area contributed by atoms with E-state index in [0.29, 0.717) is 19.5 Å². The van der Waals surface area contributed by atoms with Crippen molar-refractivity contribution in [2.24, 2.45) is 0 Å². The van der Waals surface area contributed by atoms with Crippen molar-refractivity contribution in [3.8, 4) is 0 Å². The van der Waals surface area contributed by atoms with Crippen molar-refractivity contribution in [3.63, 3.8) is 0 Å². The lowest BCUT2D eigenvalue weighted by Gasteiger charge is -2.06. The predicted octanol–water partition coefficient (Wildman–Crippen LogP) is 5.04. The number of carbonyl (C=O) groups excluding carboxylic acids is 1. The third kappa shape index (κ3) is 34.4. The zero-order chi connectivity index (χ0) is 22.7. The molecule has 0 fully saturated rings. The zero-order valence-electron chi connectivity index (χ0n) is 19.9. The summed E-state index contributed by atoms with van der Waals surface area (Å²) < 4.78 is 0. The average molecular weight is 431 g/mol. The molecule has 0 aliphatic carbocycles. The molecule has 0 saturated heterocycles. The van der Waals surface area contributed by atoms with Gasteiger partial charge in [-0.2, -0.15) is 0 Å². The summed E-state index contributed by atoms with van der Waals surface area (Å²) in [6, 6.07) is 0. The van der Waals surface area contributed by atoms with Crippen LogP contribution in [0.25, 0.3) is 0 Å². The van der Waals surface area contributed by atoms with Crippen LogP contribution in [0, 0.1) is 0 Å². The summed E-state index contributed by atoms with van der Waals surface area (Å²) in [6.45, 7) is 5.48. The molecule has 0 saturated carbocycles. The van der Waals surface area contributed by atoms with Crippen molar-refractivity contribution >= 4 is 11.9 Å². The smallest absolute Gasteiger partial charge is 0.300 e. The fourth-order valence-electron chi connectivity index (χ4n) is 3.24. The number of rotatable bonds is 21. The van der Waals surface area contributed by atoms with E-state index >= 15 is 0 Å². The van der Waals surface area contributed by atoms with Gasteiger partial charge in [0.15, 0.2) is 0 Å². The van der Waals surface area contributed by atoms with Crippen molar-refractivity contribution in [1.29, 1.82) is 0 Å². The molecule has 0 bridgehead atoms. The summed E-state index contributed by atoms with van der Waals surface area (Å²) in [4.78, 5) is 20.6. The molecule has 0 radical (unpaired) electrons. The Morgan fingerprint density at radius 1 is 0.667 bits per heavy atom. The van der Waals surface area contributed by atoms with E-state index in [0.717, 1.165) is 19.9 Å². The second-order valence-electron chi connectivity index (χ2n) is 8.04. The van der Waals surface area contributed by atoms with Gasteiger partial charge < -0.3 is 20.8 Å². The molecule has 4 N–H and O–H groups in total. The van der Waals surface area contributed by atoms with Crippen LogP contribution in [-0.2, 0) is 9.59 Å². The van der Waals surface area contributed by atoms with Crippen molar-refractivity contribution in [2.45, 2.75) is 117 Å². The molecule has 0 heterocycles. The van der Waals surface area contributed by atoms with Crippen molar-refractivity contribution < 1.29 is 19.8 Å². The third-order valence-corrected chi connectivity index (χ3v) is 4.92. The third-order valence-electron chi connectivity index (χ3n) is 4.92. The Balaban J connectivity index is 0. The van der Waals surface area contributed by atoms with Crippen molar-refractivity contribution in [2.75, 3.05) is 26.2 Å². The van der Waals surface area contributed by atoms with Gasteiger partial charge >= 0.3 is 0 Å². The number of aliphatic carboxylic acids is 1. The number of carboxylic acid groups (broad SMARTS) is 1. The van der Waals surface area contributed by atoms with Crippen LogP contribution in [0.2, 0.25) is 0 Å². The monoisotopic (exact) mass is 430 g/mol. The first kappa shape index (κ1) is 31.0. The molecule has 0 aromatic rings. The Bertz CT molecular complexity index is 361. The molecule has 0 aromatic carbocycles. The molecular formula is C24H50N2O4. The van der Waals surface area contributed by atoms with E-state index in [1.807, 2.05) is 0 Å². The molecule has 30 heavy (non-hydrogen) atoms. The summed E-state index contributed by atoms with van der Waals surface area (Å²) in [7, 11) is 0. The molecule has 6 nitrogen and oxygen atoms in total. The van der Waals surface area contributed by atoms with Crippen LogP contribution >= 0.6 is 0 Å². The van der Waals surface area contributed by atoms with E-state index in [1.165, 1.54) is 89.9 Å². The summed E-state index contributed by atoms with van der Waals surface area (Å²) in [5.74, 6) is -0.675. The quantitative estimate of drug-likeness (QED) is 0.191. The molecule has 6 heteroatoms. The average Bonchev–Trinajstić information content (AvgIpc) is 2.70. The number of carboxylic acids is 1. The Morgan fingerprint density at radius 2 is 1.07 bits per heavy atom. The van der Waals surface area contributed by atoms with Crippen molar-refractivity contribution in [1.82, 2.24) is 10.6 Å². The number of carbonyl (C=O) groups is 2. The number of unbranched alkanes of at least 4 members (excludes halogenated alkanes) is 14. The van der Waals surface area contributed by atoms with E-state index in [1.54, 1.807) is 0 Å². The standard InChI is InChI=1S/C22H46N2O2.C2H4O2/c1-2-3-4-5-6-7-8-9-10-11-12-13-14-15-16-17-22(26)24-19-18-23-20-21-25;1-2(3)4/h23,25H,2-21H2,1H3,(H,24,26);1H3,(H,3,4). The number of hydrogen-bond acceptors (Lipinski definition) is 4. The van der Waals surface area contributed by atoms with Gasteiger partial charge in [0, 0.05) is 33.0 Å². The topological polar surface area (TPSA) is 98.7 Å². The van der Waals surface area contributed by atoms with Gasteiger partial charge in [0.25, 0.3) is 5.97 Å². The Morgan fingerprint density at radius 3 is 1.47 bits per heavy atom. The first-order chi connectivity index (χ1) is 14.5. The highest BCUT2D eigenvalue weighted by Gasteiger charge is 2.00. The highest BCUT2D eigenvalue weighted by molar-refractivity contribution is 5.75. The maximum atomic E-state index is 11.6. The summed E-state index contributed by atoms with van der Waals surface area (Å²) in [5, 5.41) is 22.0. The highest BCUT2D eigenvalue weighted by Crippen LogP contribution is 2.13. The number of hydrogen-bond donors (Lipinski definition) is 4. The summed E-state index contributed by atoms with van der Waals surface area (Å²) in [5.41, 5.74) is 0. The number of nitrogens with one attached hydrogen (secondary N) is 2. The van der Waals surface area contributed by atoms with E-state index in [9.17, 15) is 4.79 Å². The zero-order valence-corrected chi connectivity index (χ0v) is 19.9. The molecule has 0 aliphatic rings. The molecule has 0 aliphatic heterocycles. The molecule has 1 amide bonds. The maximum absolute atomic E-state index is 11.6. The van der Waals surface area contributed by atoms with Gasteiger partial charge in [-0.05, 0) is 6.42 Å². The SMILES string of the molecule is CC(=O)O.CCCCCCCCCCCCCCCCCC(=O)NCCNCCO. The fourth-order valence-corrected chi connectivity index (χ4v) is 3.24. The molecular weight excluding hydrogens is 380 g/mol. The minimum absolute atomic E-state index is 0.146. The van der Waals surface area contributed by atoms with E-state index < -0.39 is 5.97 Å². The lowest BCUT2D eigenvalue weighted by Crippen LogP contribution is -2.32. The largest absolute Gasteiger partial charge is 0.481 e. The predicted molar refractivity (Wildman–Crippen MR) is 126 cm³/mol. The maximum Gasteiger partial charge on any atom is 0.300 e. The van der Waals surface area contributed by atoms with Crippen LogP contribution in [0.4, 0.5) is 0 Å². The lowest BCUT2D eigenvalue weighted by molar-refractivity contribution is -0.134. The Hall–Kier alpha value is -1.14. The first-order valence-electron chi connectivity index (χ1n) is 12.3.